The zero-order valence-electron chi connectivity index (χ0n) is 15.1. The monoisotopic (exact) mass is 386 g/mol. The fraction of sp³-hybridized carbons (Fsp3) is 0.333. The fourth-order valence-electron chi connectivity index (χ4n) is 3.12. The number of carbonyl (C=O) groups excluding carboxylic acids is 2. The Bertz CT molecular complexity index is 774. The predicted octanol–water partition coefficient (Wildman–Crippen LogP) is 3.99. The number of benzene rings is 2. The van der Waals surface area contributed by atoms with E-state index in [1.54, 1.807) is 12.1 Å². The highest BCUT2D eigenvalue weighted by Gasteiger charge is 2.27. The van der Waals surface area contributed by atoms with Crippen molar-refractivity contribution < 1.29 is 14.3 Å². The Morgan fingerprint density at radius 2 is 1.70 bits per heavy atom. The van der Waals surface area contributed by atoms with Crippen molar-refractivity contribution in [2.75, 3.05) is 25.0 Å². The van der Waals surface area contributed by atoms with Crippen LogP contribution < -0.4 is 10.1 Å². The molecule has 0 atom stereocenters. The van der Waals surface area contributed by atoms with E-state index < -0.39 is 0 Å². The van der Waals surface area contributed by atoms with Gasteiger partial charge in [0.15, 0.2) is 0 Å². The highest BCUT2D eigenvalue weighted by atomic mass is 35.5. The van der Waals surface area contributed by atoms with Gasteiger partial charge in [-0.3, -0.25) is 9.59 Å². The van der Waals surface area contributed by atoms with Gasteiger partial charge in [0.1, 0.15) is 5.75 Å². The van der Waals surface area contributed by atoms with Crippen molar-refractivity contribution >= 4 is 29.1 Å². The van der Waals surface area contributed by atoms with Crippen LogP contribution in [-0.2, 0) is 9.59 Å². The topological polar surface area (TPSA) is 58.6 Å². The van der Waals surface area contributed by atoms with Gasteiger partial charge in [0.05, 0.1) is 23.7 Å². The van der Waals surface area contributed by atoms with E-state index in [4.69, 9.17) is 16.3 Å². The Balaban J connectivity index is 1.41. The quantitative estimate of drug-likeness (QED) is 0.816. The van der Waals surface area contributed by atoms with Gasteiger partial charge >= 0.3 is 0 Å². The zero-order chi connectivity index (χ0) is 19.1. The molecule has 2 aromatic carbocycles. The van der Waals surface area contributed by atoms with Crippen molar-refractivity contribution in [1.29, 1.82) is 0 Å². The molecule has 2 amide bonds. The molecule has 1 heterocycles. The van der Waals surface area contributed by atoms with Crippen LogP contribution in [0.2, 0.25) is 5.02 Å². The van der Waals surface area contributed by atoms with Crippen LogP contribution in [0.4, 0.5) is 5.69 Å². The molecular formula is C21H23ClN2O3. The molecule has 0 bridgehead atoms. The van der Waals surface area contributed by atoms with E-state index in [2.05, 4.69) is 5.32 Å². The molecule has 0 aliphatic carbocycles. The second-order valence-corrected chi connectivity index (χ2v) is 6.94. The first-order valence-corrected chi connectivity index (χ1v) is 9.52. The molecule has 2 aromatic rings. The predicted molar refractivity (Wildman–Crippen MR) is 106 cm³/mol. The maximum atomic E-state index is 12.4. The molecule has 142 valence electrons. The van der Waals surface area contributed by atoms with E-state index in [1.807, 2.05) is 47.4 Å². The molecule has 6 heteroatoms. The van der Waals surface area contributed by atoms with Crippen LogP contribution in [-0.4, -0.2) is 36.4 Å². The summed E-state index contributed by atoms with van der Waals surface area (Å²) in [5.41, 5.74) is 0.626. The van der Waals surface area contributed by atoms with Crippen molar-refractivity contribution in [1.82, 2.24) is 4.90 Å². The molecule has 27 heavy (non-hydrogen) atoms. The van der Waals surface area contributed by atoms with Crippen molar-refractivity contribution in [3.05, 3.63) is 59.6 Å². The molecule has 1 saturated heterocycles. The van der Waals surface area contributed by atoms with Gasteiger partial charge in [0.2, 0.25) is 11.8 Å². The zero-order valence-corrected chi connectivity index (χ0v) is 15.8. The minimum absolute atomic E-state index is 0.0393. The largest absolute Gasteiger partial charge is 0.493 e. The summed E-state index contributed by atoms with van der Waals surface area (Å²) in [6.07, 6.45) is 1.65. The minimum atomic E-state index is -0.106. The number of piperidine rings is 1. The first kappa shape index (κ1) is 19.2. The number of hydrogen-bond donors (Lipinski definition) is 1. The number of halogens is 1. The van der Waals surface area contributed by atoms with Crippen molar-refractivity contribution in [2.24, 2.45) is 5.92 Å². The number of likely N-dealkylation sites (tertiary alicyclic amines) is 1. The molecule has 0 unspecified atom stereocenters. The number of ether oxygens (including phenoxy) is 1. The SMILES string of the molecule is O=C(Nc1ccccc1Cl)C1CCN(C(=O)CCOc2ccccc2)CC1. The average molecular weight is 387 g/mol. The molecule has 1 aliphatic rings. The van der Waals surface area contributed by atoms with Gasteiger partial charge in [-0.1, -0.05) is 41.9 Å². The van der Waals surface area contributed by atoms with Gasteiger partial charge in [-0.15, -0.1) is 0 Å². The molecule has 0 radical (unpaired) electrons. The summed E-state index contributed by atoms with van der Waals surface area (Å²) >= 11 is 6.09. The van der Waals surface area contributed by atoms with Crippen LogP contribution >= 0.6 is 11.6 Å². The number of nitrogens with zero attached hydrogens (tertiary/aromatic N) is 1. The van der Waals surface area contributed by atoms with Crippen molar-refractivity contribution in [3.63, 3.8) is 0 Å². The third-order valence-electron chi connectivity index (χ3n) is 4.68. The molecule has 0 spiro atoms. The summed E-state index contributed by atoms with van der Waals surface area (Å²) in [4.78, 5) is 26.6. The number of hydrogen-bond acceptors (Lipinski definition) is 3. The number of nitrogens with one attached hydrogen (secondary N) is 1. The molecule has 3 rings (SSSR count). The highest BCUT2D eigenvalue weighted by molar-refractivity contribution is 6.33. The van der Waals surface area contributed by atoms with E-state index in [1.165, 1.54) is 0 Å². The van der Waals surface area contributed by atoms with E-state index in [-0.39, 0.29) is 17.7 Å². The van der Waals surface area contributed by atoms with Crippen LogP contribution in [0.5, 0.6) is 5.75 Å². The third-order valence-corrected chi connectivity index (χ3v) is 5.01. The summed E-state index contributed by atoms with van der Waals surface area (Å²) in [7, 11) is 0. The lowest BCUT2D eigenvalue weighted by Crippen LogP contribution is -2.41. The van der Waals surface area contributed by atoms with Gasteiger partial charge < -0.3 is 15.0 Å². The van der Waals surface area contributed by atoms with Crippen LogP contribution in [0.3, 0.4) is 0 Å². The van der Waals surface area contributed by atoms with Crippen LogP contribution in [0.25, 0.3) is 0 Å². The molecule has 0 saturated carbocycles. The second kappa shape index (κ2) is 9.42. The van der Waals surface area contributed by atoms with Crippen LogP contribution in [0, 0.1) is 5.92 Å². The number of amides is 2. The van der Waals surface area contributed by atoms with Gasteiger partial charge in [-0.05, 0) is 37.1 Å². The Kier molecular flexibility index (Phi) is 6.71. The number of rotatable bonds is 6. The van der Waals surface area contributed by atoms with E-state index in [9.17, 15) is 9.59 Å². The van der Waals surface area contributed by atoms with E-state index in [0.29, 0.717) is 49.7 Å². The first-order chi connectivity index (χ1) is 13.1. The van der Waals surface area contributed by atoms with Gasteiger partial charge in [-0.2, -0.15) is 0 Å². The average Bonchev–Trinajstić information content (AvgIpc) is 2.70. The standard InChI is InChI=1S/C21H23ClN2O3/c22-18-8-4-5-9-19(18)23-21(26)16-10-13-24(14-11-16)20(25)12-15-27-17-6-2-1-3-7-17/h1-9,16H,10-15H2,(H,23,26). The Hall–Kier alpha value is -2.53. The third kappa shape index (κ3) is 5.47. The summed E-state index contributed by atoms with van der Waals surface area (Å²) in [6, 6.07) is 16.6. The number of anilines is 1. The minimum Gasteiger partial charge on any atom is -0.493 e. The highest BCUT2D eigenvalue weighted by Crippen LogP contribution is 2.24. The van der Waals surface area contributed by atoms with Gasteiger partial charge in [0, 0.05) is 19.0 Å². The molecule has 1 aliphatic heterocycles. The van der Waals surface area contributed by atoms with Crippen LogP contribution in [0.15, 0.2) is 54.6 Å². The lowest BCUT2D eigenvalue weighted by molar-refractivity contribution is -0.135. The first-order valence-electron chi connectivity index (χ1n) is 9.14. The molecule has 0 aromatic heterocycles. The van der Waals surface area contributed by atoms with E-state index >= 15 is 0 Å². The molecule has 1 N–H and O–H groups in total. The summed E-state index contributed by atoms with van der Waals surface area (Å²) in [5.74, 6) is 0.685. The smallest absolute Gasteiger partial charge is 0.227 e. The van der Waals surface area contributed by atoms with Crippen LogP contribution in [0.1, 0.15) is 19.3 Å². The maximum absolute atomic E-state index is 12.4. The Morgan fingerprint density at radius 3 is 2.41 bits per heavy atom. The number of para-hydroxylation sites is 2. The lowest BCUT2D eigenvalue weighted by Gasteiger charge is -2.31. The Morgan fingerprint density at radius 1 is 1.04 bits per heavy atom. The fourth-order valence-corrected chi connectivity index (χ4v) is 3.30. The second-order valence-electron chi connectivity index (χ2n) is 6.54. The Labute approximate surface area is 164 Å². The molecule has 5 nitrogen and oxygen atoms in total. The lowest BCUT2D eigenvalue weighted by atomic mass is 9.95. The normalized spacial score (nSPS) is 14.6. The summed E-state index contributed by atoms with van der Waals surface area (Å²) < 4.78 is 5.58. The van der Waals surface area contributed by atoms with Gasteiger partial charge in [-0.25, -0.2) is 0 Å². The summed E-state index contributed by atoms with van der Waals surface area (Å²) in [6.45, 7) is 1.53. The van der Waals surface area contributed by atoms with E-state index in [0.717, 1.165) is 5.75 Å². The molecule has 1 fully saturated rings. The van der Waals surface area contributed by atoms with Crippen molar-refractivity contribution in [2.45, 2.75) is 19.3 Å². The summed E-state index contributed by atoms with van der Waals surface area (Å²) in [5, 5.41) is 3.41. The molecular weight excluding hydrogens is 364 g/mol. The number of carbonyl (C=O) groups is 2. The maximum Gasteiger partial charge on any atom is 0.227 e. The van der Waals surface area contributed by atoms with Crippen molar-refractivity contribution in [3.8, 4) is 5.75 Å². The van der Waals surface area contributed by atoms with Gasteiger partial charge in [0.25, 0.3) is 0 Å².